The van der Waals surface area contributed by atoms with Crippen molar-refractivity contribution in [3.63, 3.8) is 0 Å². The summed E-state index contributed by atoms with van der Waals surface area (Å²) in [6.45, 7) is 0. The molecule has 0 radical (unpaired) electrons. The molecule has 0 fully saturated rings. The molecule has 0 aliphatic carbocycles. The van der Waals surface area contributed by atoms with Crippen LogP contribution in [0.5, 0.6) is 0 Å². The van der Waals surface area contributed by atoms with Crippen molar-refractivity contribution in [1.29, 1.82) is 0 Å². The Balaban J connectivity index is 0.000000261. The molecule has 0 aliphatic heterocycles. The van der Waals surface area contributed by atoms with E-state index >= 15 is 0 Å². The number of rotatable bonds is 1. The molecule has 0 bridgehead atoms. The molecule has 0 spiro atoms. The van der Waals surface area contributed by atoms with Gasteiger partial charge in [0.1, 0.15) is 0 Å². The molecule has 0 aromatic heterocycles. The molecule has 0 nitrogen and oxygen atoms in total. The predicted molar refractivity (Wildman–Crippen MR) is 45.0 cm³/mol. The van der Waals surface area contributed by atoms with E-state index in [4.69, 9.17) is 0 Å². The second-order valence-electron chi connectivity index (χ2n) is 2.09. The summed E-state index contributed by atoms with van der Waals surface area (Å²) in [6, 6.07) is 10.6. The van der Waals surface area contributed by atoms with Crippen molar-refractivity contribution in [3.8, 4) is 0 Å². The average Bonchev–Trinajstić information content (AvgIpc) is 2.05. The minimum atomic E-state index is -3.67. The molecule has 0 amide bonds. The molecule has 1 aromatic carbocycles. The van der Waals surface area contributed by atoms with Crippen LogP contribution in [-0.4, -0.2) is 56.5 Å². The molecular formula is C7H7BF3K. The van der Waals surface area contributed by atoms with Crippen LogP contribution in [0.15, 0.2) is 30.3 Å². The Hall–Kier alpha value is 0.711. The Morgan fingerprint density at radius 3 is 1.75 bits per heavy atom. The molecule has 0 saturated carbocycles. The first-order valence-electron chi connectivity index (χ1n) is 3.63. The Labute approximate surface area is 104 Å². The monoisotopic (exact) mass is 198 g/mol. The number of halogens is 3. The summed E-state index contributed by atoms with van der Waals surface area (Å²) in [6.07, 6.45) is 0. The van der Waals surface area contributed by atoms with Gasteiger partial charge in [-0.2, -0.15) is 0 Å². The van der Waals surface area contributed by atoms with Crippen molar-refractivity contribution in [3.05, 3.63) is 35.9 Å². The molecule has 0 aliphatic rings. The molecule has 12 heavy (non-hydrogen) atoms. The second-order valence-corrected chi connectivity index (χ2v) is 3.19. The summed E-state index contributed by atoms with van der Waals surface area (Å²) in [4.78, 5) is 0. The van der Waals surface area contributed by atoms with E-state index < -0.39 is 7.54 Å². The van der Waals surface area contributed by atoms with E-state index in [2.05, 4.69) is 30.3 Å². The van der Waals surface area contributed by atoms with Crippen molar-refractivity contribution in [2.45, 2.75) is 0.515 Å². The van der Waals surface area contributed by atoms with Crippen LogP contribution >= 0.6 is 0 Å². The maximum absolute atomic E-state index is 9.67. The standard InChI is InChI=1S/C7H7.BF3.K/c1-7-5-3-2-4-6-7;2-1(3)4;/h2-6H,1H2;;. The fraction of sp³-hybridized carbons (Fsp3) is 0.143. The van der Waals surface area contributed by atoms with Gasteiger partial charge < -0.3 is 0 Å². The van der Waals surface area contributed by atoms with Crippen LogP contribution in [0, 0.1) is 0 Å². The fourth-order valence-electron chi connectivity index (χ4n) is 0.714. The third-order valence-corrected chi connectivity index (χ3v) is 2.53. The Bertz CT molecular complexity index is 190. The average molecular weight is 198 g/mol. The van der Waals surface area contributed by atoms with Gasteiger partial charge >= 0.3 is 92.9 Å². The molecule has 0 unspecified atom stereocenters. The Morgan fingerprint density at radius 2 is 1.50 bits per heavy atom. The van der Waals surface area contributed by atoms with Gasteiger partial charge in [0.2, 0.25) is 0 Å². The third kappa shape index (κ3) is 8.80. The summed E-state index contributed by atoms with van der Waals surface area (Å²) in [5, 5.41) is 0. The van der Waals surface area contributed by atoms with E-state index in [1.165, 1.54) is 6.08 Å². The zero-order valence-corrected chi connectivity index (χ0v) is 9.93. The summed E-state index contributed by atoms with van der Waals surface area (Å²) in [7, 11) is -3.67. The van der Waals surface area contributed by atoms with Crippen molar-refractivity contribution in [1.82, 2.24) is 0 Å². The first-order chi connectivity index (χ1) is 5.66. The Kier molecular flexibility index (Phi) is 8.81. The zero-order valence-electron chi connectivity index (χ0n) is 6.81. The van der Waals surface area contributed by atoms with Gasteiger partial charge in [-0.3, -0.25) is 12.9 Å². The summed E-state index contributed by atoms with van der Waals surface area (Å²) in [5.41, 5.74) is 1.49. The summed E-state index contributed by atoms with van der Waals surface area (Å²) in [5.74, 6) is 0. The molecule has 0 heterocycles. The summed E-state index contributed by atoms with van der Waals surface area (Å²) >= 11 is 0.967. The predicted octanol–water partition coefficient (Wildman–Crippen LogP) is 2.23. The molecule has 1 aromatic rings. The van der Waals surface area contributed by atoms with E-state index in [9.17, 15) is 12.9 Å². The normalized spacial score (nSPS) is 8.42. The first kappa shape index (κ1) is 12.7. The van der Waals surface area contributed by atoms with Gasteiger partial charge in [-0.15, -0.1) is 0 Å². The number of hydrogen-bond acceptors (Lipinski definition) is 0. The molecular weight excluding hydrogens is 191 g/mol. The van der Waals surface area contributed by atoms with Gasteiger partial charge in [0.05, 0.1) is 0 Å². The van der Waals surface area contributed by atoms with Crippen molar-refractivity contribution >= 4 is 56.5 Å². The number of hydrogen-bond donors (Lipinski definition) is 0. The fourth-order valence-corrected chi connectivity index (χ4v) is 1.45. The van der Waals surface area contributed by atoms with E-state index in [-0.39, 0.29) is 0 Å². The quantitative estimate of drug-likeness (QED) is 0.607. The maximum atomic E-state index is 9.67. The van der Waals surface area contributed by atoms with Crippen molar-refractivity contribution in [2.24, 2.45) is 0 Å². The zero-order chi connectivity index (χ0) is 9.40. The molecule has 60 valence electrons. The van der Waals surface area contributed by atoms with E-state index in [0.717, 1.165) is 49.0 Å². The van der Waals surface area contributed by atoms with E-state index in [1.807, 2.05) is 0 Å². The second kappa shape index (κ2) is 8.32. The third-order valence-electron chi connectivity index (χ3n) is 1.25. The topological polar surface area (TPSA) is 0 Å². The van der Waals surface area contributed by atoms with Gasteiger partial charge in [0, 0.05) is 0 Å². The van der Waals surface area contributed by atoms with Crippen molar-refractivity contribution < 1.29 is 12.9 Å². The van der Waals surface area contributed by atoms with E-state index in [1.54, 1.807) is 0 Å². The minimum absolute atomic E-state index is 0.967. The van der Waals surface area contributed by atoms with Gasteiger partial charge in [-0.25, -0.2) is 0 Å². The SMILES string of the molecule is FB(F)F.[K][CH2]c1ccccc1. The molecule has 5 heteroatoms. The first-order valence-corrected chi connectivity index (χ1v) is 5.83. The van der Waals surface area contributed by atoms with Crippen LogP contribution in [0.4, 0.5) is 12.9 Å². The van der Waals surface area contributed by atoms with Gasteiger partial charge in [-0.05, 0) is 0 Å². The van der Waals surface area contributed by atoms with Crippen LogP contribution in [0.25, 0.3) is 0 Å². The summed E-state index contributed by atoms with van der Waals surface area (Å²) < 4.78 is 30.3. The van der Waals surface area contributed by atoms with Crippen molar-refractivity contribution in [2.75, 3.05) is 0 Å². The molecule has 0 saturated heterocycles. The van der Waals surface area contributed by atoms with Crippen LogP contribution in [0.3, 0.4) is 0 Å². The van der Waals surface area contributed by atoms with Gasteiger partial charge in [0.25, 0.3) is 0 Å². The van der Waals surface area contributed by atoms with Crippen LogP contribution in [-0.2, 0) is 0.515 Å². The Morgan fingerprint density at radius 1 is 1.08 bits per heavy atom. The van der Waals surface area contributed by atoms with Crippen LogP contribution < -0.4 is 0 Å². The molecule has 1 rings (SSSR count). The van der Waals surface area contributed by atoms with Gasteiger partial charge in [0.15, 0.2) is 0 Å². The molecule has 0 atom stereocenters. The van der Waals surface area contributed by atoms with Crippen LogP contribution in [0.2, 0.25) is 0 Å². The van der Waals surface area contributed by atoms with E-state index in [0.29, 0.717) is 0 Å². The van der Waals surface area contributed by atoms with Gasteiger partial charge in [-0.1, -0.05) is 0 Å². The van der Waals surface area contributed by atoms with Crippen LogP contribution in [0.1, 0.15) is 5.56 Å². The number of benzene rings is 1. The molecule has 0 N–H and O–H groups in total.